The van der Waals surface area contributed by atoms with Crippen LogP contribution in [0.3, 0.4) is 0 Å². The Morgan fingerprint density at radius 3 is 2.10 bits per heavy atom. The number of hydrogen-bond donors (Lipinski definition) is 8. The lowest BCUT2D eigenvalue weighted by molar-refractivity contribution is -0.142. The molecule has 0 saturated heterocycles. The SMILES string of the molecule is CSCCC(NC(=O)C(NC(=O)C(CCCN=C(N)N)NC(=O)C(N)Cc1ccc(O)cc1)C(C)C)C(=O)O. The standard InChI is InChI=1S/C25H41N7O6S/c1-14(2)20(23(36)31-19(24(37)38)10-12-39-3)32-22(35)18(5-4-11-29-25(27)28)30-21(34)17(26)13-15-6-8-16(33)9-7-15/h6-9,14,17-20,33H,4-5,10-13,26H2,1-3H3,(H,30,34)(H,31,36)(H,32,35)(H,37,38)(H4,27,28,29). The summed E-state index contributed by atoms with van der Waals surface area (Å²) in [6, 6.07) is 2.04. The van der Waals surface area contributed by atoms with Gasteiger partial charge in [0.15, 0.2) is 5.96 Å². The van der Waals surface area contributed by atoms with Crippen LogP contribution in [0, 0.1) is 5.92 Å². The van der Waals surface area contributed by atoms with Gasteiger partial charge in [-0.2, -0.15) is 11.8 Å². The molecule has 0 fully saturated rings. The monoisotopic (exact) mass is 567 g/mol. The number of phenolic OH excluding ortho intramolecular Hbond substituents is 1. The van der Waals surface area contributed by atoms with Crippen molar-refractivity contribution in [2.24, 2.45) is 28.1 Å². The number of thioether (sulfide) groups is 1. The van der Waals surface area contributed by atoms with Gasteiger partial charge in [-0.1, -0.05) is 26.0 Å². The van der Waals surface area contributed by atoms with Crippen LogP contribution in [0.1, 0.15) is 38.7 Å². The van der Waals surface area contributed by atoms with E-state index in [0.29, 0.717) is 12.2 Å². The molecule has 4 unspecified atom stereocenters. The minimum atomic E-state index is -1.17. The van der Waals surface area contributed by atoms with Crippen molar-refractivity contribution < 1.29 is 29.4 Å². The lowest BCUT2D eigenvalue weighted by Gasteiger charge is -2.27. The number of amides is 3. The van der Waals surface area contributed by atoms with Crippen LogP contribution in [0.5, 0.6) is 5.75 Å². The van der Waals surface area contributed by atoms with Gasteiger partial charge in [-0.05, 0) is 61.3 Å². The van der Waals surface area contributed by atoms with Crippen molar-refractivity contribution in [3.63, 3.8) is 0 Å². The number of benzene rings is 1. The van der Waals surface area contributed by atoms with Crippen molar-refractivity contribution in [2.75, 3.05) is 18.6 Å². The number of rotatable bonds is 17. The second-order valence-corrected chi connectivity index (χ2v) is 10.4. The van der Waals surface area contributed by atoms with Crippen LogP contribution in [0.25, 0.3) is 0 Å². The number of nitrogens with one attached hydrogen (secondary N) is 3. The molecule has 4 atom stereocenters. The zero-order chi connectivity index (χ0) is 29.5. The fraction of sp³-hybridized carbons (Fsp3) is 0.560. The Morgan fingerprint density at radius 2 is 1.56 bits per heavy atom. The molecule has 39 heavy (non-hydrogen) atoms. The van der Waals surface area contributed by atoms with E-state index in [4.69, 9.17) is 17.2 Å². The molecule has 1 aromatic carbocycles. The average Bonchev–Trinajstić information content (AvgIpc) is 2.87. The molecule has 11 N–H and O–H groups in total. The molecule has 0 heterocycles. The van der Waals surface area contributed by atoms with Gasteiger partial charge in [0.25, 0.3) is 0 Å². The summed E-state index contributed by atoms with van der Waals surface area (Å²) in [5, 5.41) is 26.7. The number of carbonyl (C=O) groups excluding carboxylic acids is 3. The third kappa shape index (κ3) is 12.7. The predicted molar refractivity (Wildman–Crippen MR) is 151 cm³/mol. The summed E-state index contributed by atoms with van der Waals surface area (Å²) in [5.74, 6) is -2.89. The quantitative estimate of drug-likeness (QED) is 0.0667. The van der Waals surface area contributed by atoms with Crippen LogP contribution in [0.2, 0.25) is 0 Å². The van der Waals surface area contributed by atoms with Crippen molar-refractivity contribution in [1.82, 2.24) is 16.0 Å². The molecule has 218 valence electrons. The molecule has 0 radical (unpaired) electrons. The van der Waals surface area contributed by atoms with E-state index in [1.807, 2.05) is 6.26 Å². The number of carboxylic acid groups (broad SMARTS) is 1. The number of nitrogens with two attached hydrogens (primary N) is 3. The summed E-state index contributed by atoms with van der Waals surface area (Å²) in [6.07, 6.45) is 2.72. The molecule has 0 bridgehead atoms. The number of hydrogen-bond acceptors (Lipinski definition) is 8. The smallest absolute Gasteiger partial charge is 0.326 e. The van der Waals surface area contributed by atoms with Crippen molar-refractivity contribution in [3.8, 4) is 5.75 Å². The molecule has 14 heteroatoms. The number of nitrogens with zero attached hydrogens (tertiary/aromatic N) is 1. The fourth-order valence-corrected chi connectivity index (χ4v) is 4.04. The summed E-state index contributed by atoms with van der Waals surface area (Å²) in [4.78, 5) is 54.5. The van der Waals surface area contributed by atoms with Crippen molar-refractivity contribution in [1.29, 1.82) is 0 Å². The number of guanidine groups is 1. The van der Waals surface area contributed by atoms with Gasteiger partial charge in [0.1, 0.15) is 23.9 Å². The molecule has 0 aliphatic heterocycles. The Morgan fingerprint density at radius 1 is 0.949 bits per heavy atom. The van der Waals surface area contributed by atoms with Crippen molar-refractivity contribution >= 4 is 41.4 Å². The average molecular weight is 568 g/mol. The van der Waals surface area contributed by atoms with Gasteiger partial charge in [-0.15, -0.1) is 0 Å². The second kappa shape index (κ2) is 17.1. The van der Waals surface area contributed by atoms with E-state index < -0.39 is 47.9 Å². The van der Waals surface area contributed by atoms with E-state index in [1.54, 1.807) is 26.0 Å². The first-order chi connectivity index (χ1) is 18.3. The van der Waals surface area contributed by atoms with E-state index >= 15 is 0 Å². The number of carboxylic acids is 1. The van der Waals surface area contributed by atoms with Crippen molar-refractivity contribution in [3.05, 3.63) is 29.8 Å². The molecule has 1 rings (SSSR count). The Kier molecular flexibility index (Phi) is 14.7. The Balaban J connectivity index is 2.99. The number of aromatic hydroxyl groups is 1. The van der Waals surface area contributed by atoms with Crippen LogP contribution in [0.15, 0.2) is 29.3 Å². The molecule has 3 amide bonds. The van der Waals surface area contributed by atoms with Gasteiger partial charge >= 0.3 is 5.97 Å². The van der Waals surface area contributed by atoms with E-state index in [-0.39, 0.29) is 43.4 Å². The molecular formula is C25H41N7O6S. The minimum absolute atomic E-state index is 0.0805. The van der Waals surface area contributed by atoms with E-state index in [0.717, 1.165) is 5.56 Å². The summed E-state index contributed by atoms with van der Waals surface area (Å²) in [5.41, 5.74) is 17.5. The normalized spacial score (nSPS) is 14.0. The highest BCUT2D eigenvalue weighted by atomic mass is 32.2. The van der Waals surface area contributed by atoms with Gasteiger partial charge < -0.3 is 43.4 Å². The zero-order valence-corrected chi connectivity index (χ0v) is 23.4. The van der Waals surface area contributed by atoms with Crippen LogP contribution < -0.4 is 33.2 Å². The first-order valence-electron chi connectivity index (χ1n) is 12.6. The van der Waals surface area contributed by atoms with Gasteiger partial charge in [0.05, 0.1) is 6.04 Å². The fourth-order valence-electron chi connectivity index (χ4n) is 3.57. The number of aliphatic carboxylic acids is 1. The summed E-state index contributed by atoms with van der Waals surface area (Å²) in [7, 11) is 0. The van der Waals surface area contributed by atoms with Gasteiger partial charge in [-0.25, -0.2) is 4.79 Å². The first kappa shape index (κ1) is 33.5. The van der Waals surface area contributed by atoms with Crippen LogP contribution in [0.4, 0.5) is 0 Å². The second-order valence-electron chi connectivity index (χ2n) is 9.40. The molecular weight excluding hydrogens is 526 g/mol. The topological polar surface area (TPSA) is 235 Å². The first-order valence-corrected chi connectivity index (χ1v) is 14.0. The highest BCUT2D eigenvalue weighted by Crippen LogP contribution is 2.12. The number of aliphatic imine (C=N–C) groups is 1. The molecule has 0 saturated carbocycles. The maximum absolute atomic E-state index is 13.3. The predicted octanol–water partition coefficient (Wildman–Crippen LogP) is -0.736. The number of phenols is 1. The summed E-state index contributed by atoms with van der Waals surface area (Å²) >= 11 is 1.45. The highest BCUT2D eigenvalue weighted by molar-refractivity contribution is 7.98. The largest absolute Gasteiger partial charge is 0.508 e. The van der Waals surface area contributed by atoms with Crippen LogP contribution in [-0.2, 0) is 25.6 Å². The van der Waals surface area contributed by atoms with E-state index in [2.05, 4.69) is 20.9 Å². The number of carbonyl (C=O) groups is 4. The van der Waals surface area contributed by atoms with E-state index in [9.17, 15) is 29.4 Å². The Bertz CT molecular complexity index is 986. The lowest BCUT2D eigenvalue weighted by atomic mass is 10.0. The lowest BCUT2D eigenvalue weighted by Crippen LogP contribution is -2.58. The molecule has 0 aliphatic carbocycles. The molecule has 13 nitrogen and oxygen atoms in total. The molecule has 1 aromatic rings. The minimum Gasteiger partial charge on any atom is -0.508 e. The third-order valence-corrected chi connectivity index (χ3v) is 6.42. The Labute approximate surface area is 232 Å². The van der Waals surface area contributed by atoms with Gasteiger partial charge in [0.2, 0.25) is 17.7 Å². The molecule has 0 aliphatic rings. The van der Waals surface area contributed by atoms with Crippen molar-refractivity contribution in [2.45, 2.75) is 63.7 Å². The summed E-state index contributed by atoms with van der Waals surface area (Å²) in [6.45, 7) is 3.63. The van der Waals surface area contributed by atoms with Gasteiger partial charge in [-0.3, -0.25) is 19.4 Å². The van der Waals surface area contributed by atoms with Crippen LogP contribution >= 0.6 is 11.8 Å². The van der Waals surface area contributed by atoms with Crippen LogP contribution in [-0.4, -0.2) is 82.6 Å². The zero-order valence-electron chi connectivity index (χ0n) is 22.6. The highest BCUT2D eigenvalue weighted by Gasteiger charge is 2.31. The molecule has 0 spiro atoms. The maximum Gasteiger partial charge on any atom is 0.326 e. The summed E-state index contributed by atoms with van der Waals surface area (Å²) < 4.78 is 0. The third-order valence-electron chi connectivity index (χ3n) is 5.78. The van der Waals surface area contributed by atoms with E-state index in [1.165, 1.54) is 23.9 Å². The maximum atomic E-state index is 13.3. The molecule has 0 aromatic heterocycles. The Hall–Kier alpha value is -3.52. The van der Waals surface area contributed by atoms with Gasteiger partial charge in [0, 0.05) is 6.54 Å².